The first-order valence-corrected chi connectivity index (χ1v) is 5.75. The van der Waals surface area contributed by atoms with E-state index in [2.05, 4.69) is 19.9 Å². The van der Waals surface area contributed by atoms with Gasteiger partial charge in [-0.1, -0.05) is 0 Å². The Morgan fingerprint density at radius 1 is 1.69 bits per heavy atom. The molecule has 9 nitrogen and oxygen atoms in total. The van der Waals surface area contributed by atoms with Gasteiger partial charge in [-0.3, -0.25) is 4.79 Å². The van der Waals surface area contributed by atoms with Gasteiger partial charge in [0.15, 0.2) is 0 Å². The largest absolute Gasteiger partial charge is 0.480 e. The second kappa shape index (κ2) is 5.01. The normalized spacial score (nSPS) is 13.6. The Balaban J connectivity index is 2.47. The Hall–Kier alpha value is -1.52. The Bertz CT molecular complexity index is 441. The molecule has 16 heavy (non-hydrogen) atoms. The standard InChI is InChI=1S/C6H11N5O4S/c7-4(5(12)13)1-2-10-16(14,15)6-8-3-9-11-6/h3-4,10H,1-2,7H2,(H,12,13)(H,8,9,11)/t4-/m0/s1. The van der Waals surface area contributed by atoms with Crippen LogP contribution in [0.25, 0.3) is 0 Å². The van der Waals surface area contributed by atoms with Crippen LogP contribution in [0.3, 0.4) is 0 Å². The number of rotatable bonds is 6. The molecule has 1 aromatic heterocycles. The summed E-state index contributed by atoms with van der Waals surface area (Å²) in [4.78, 5) is 13.8. The van der Waals surface area contributed by atoms with Crippen LogP contribution in [0, 0.1) is 0 Å². The van der Waals surface area contributed by atoms with Crippen molar-refractivity contribution in [3.05, 3.63) is 6.33 Å². The number of hydrogen-bond acceptors (Lipinski definition) is 6. The third-order valence-corrected chi connectivity index (χ3v) is 3.00. The van der Waals surface area contributed by atoms with Gasteiger partial charge >= 0.3 is 5.97 Å². The quantitative estimate of drug-likeness (QED) is 0.450. The highest BCUT2D eigenvalue weighted by Crippen LogP contribution is 1.98. The lowest BCUT2D eigenvalue weighted by Gasteiger charge is -2.06. The number of carboxylic acid groups (broad SMARTS) is 1. The number of sulfonamides is 1. The number of carboxylic acids is 1. The number of aliphatic carboxylic acids is 1. The molecule has 90 valence electrons. The molecular formula is C6H11N5O4S. The fraction of sp³-hybridized carbons (Fsp3) is 0.500. The van der Waals surface area contributed by atoms with Crippen molar-refractivity contribution in [3.63, 3.8) is 0 Å². The van der Waals surface area contributed by atoms with Crippen molar-refractivity contribution < 1.29 is 18.3 Å². The predicted octanol–water partition coefficient (Wildman–Crippen LogP) is -2.11. The Morgan fingerprint density at radius 2 is 2.38 bits per heavy atom. The summed E-state index contributed by atoms with van der Waals surface area (Å²) in [6.07, 6.45) is 1.04. The first-order valence-electron chi connectivity index (χ1n) is 4.27. The summed E-state index contributed by atoms with van der Waals surface area (Å²) in [5.74, 6) is -1.18. The number of nitrogens with one attached hydrogen (secondary N) is 2. The van der Waals surface area contributed by atoms with Crippen LogP contribution < -0.4 is 10.5 Å². The van der Waals surface area contributed by atoms with Crippen molar-refractivity contribution in [1.82, 2.24) is 19.9 Å². The van der Waals surface area contributed by atoms with Gasteiger partial charge in [-0.2, -0.15) is 5.10 Å². The molecule has 1 rings (SSSR count). The van der Waals surface area contributed by atoms with E-state index < -0.39 is 22.0 Å². The summed E-state index contributed by atoms with van der Waals surface area (Å²) in [5, 5.41) is 13.7. The average Bonchev–Trinajstić information content (AvgIpc) is 2.70. The summed E-state index contributed by atoms with van der Waals surface area (Å²) < 4.78 is 25.0. The maximum Gasteiger partial charge on any atom is 0.320 e. The molecular weight excluding hydrogens is 238 g/mol. The van der Waals surface area contributed by atoms with E-state index in [0.717, 1.165) is 6.33 Å². The average molecular weight is 249 g/mol. The molecule has 0 bridgehead atoms. The molecule has 0 unspecified atom stereocenters. The zero-order valence-corrected chi connectivity index (χ0v) is 8.94. The highest BCUT2D eigenvalue weighted by molar-refractivity contribution is 7.89. The number of carbonyl (C=O) groups is 1. The van der Waals surface area contributed by atoms with Gasteiger partial charge in [0.1, 0.15) is 12.4 Å². The molecule has 0 saturated carbocycles. The van der Waals surface area contributed by atoms with Crippen LogP contribution in [0.5, 0.6) is 0 Å². The van der Waals surface area contributed by atoms with Gasteiger partial charge in [0.25, 0.3) is 15.2 Å². The lowest BCUT2D eigenvalue weighted by molar-refractivity contribution is -0.138. The minimum absolute atomic E-state index is 0.0112. The van der Waals surface area contributed by atoms with Crippen molar-refractivity contribution in [3.8, 4) is 0 Å². The number of H-pyrrole nitrogens is 1. The highest BCUT2D eigenvalue weighted by atomic mass is 32.2. The van der Waals surface area contributed by atoms with Crippen molar-refractivity contribution in [1.29, 1.82) is 0 Å². The van der Waals surface area contributed by atoms with E-state index in [9.17, 15) is 13.2 Å². The van der Waals surface area contributed by atoms with Gasteiger partial charge in [0.05, 0.1) is 0 Å². The lowest BCUT2D eigenvalue weighted by atomic mass is 10.2. The van der Waals surface area contributed by atoms with E-state index in [1.165, 1.54) is 0 Å². The number of hydrogen-bond donors (Lipinski definition) is 4. The van der Waals surface area contributed by atoms with Crippen LogP contribution in [-0.2, 0) is 14.8 Å². The molecule has 0 aromatic carbocycles. The molecule has 1 heterocycles. The van der Waals surface area contributed by atoms with Crippen molar-refractivity contribution in [2.75, 3.05) is 6.54 Å². The van der Waals surface area contributed by atoms with Crippen LogP contribution in [0.4, 0.5) is 0 Å². The van der Waals surface area contributed by atoms with Crippen molar-refractivity contribution >= 4 is 16.0 Å². The van der Waals surface area contributed by atoms with Crippen LogP contribution in [0.2, 0.25) is 0 Å². The van der Waals surface area contributed by atoms with Crippen LogP contribution >= 0.6 is 0 Å². The molecule has 5 N–H and O–H groups in total. The zero-order valence-electron chi connectivity index (χ0n) is 8.12. The number of aromatic nitrogens is 3. The Morgan fingerprint density at radius 3 is 2.88 bits per heavy atom. The fourth-order valence-corrected chi connectivity index (χ4v) is 1.75. The van der Waals surface area contributed by atoms with Crippen LogP contribution in [0.15, 0.2) is 11.5 Å². The minimum atomic E-state index is -3.77. The van der Waals surface area contributed by atoms with Crippen molar-refractivity contribution in [2.24, 2.45) is 5.73 Å². The third-order valence-electron chi connectivity index (χ3n) is 1.71. The first kappa shape index (κ1) is 12.5. The maximum absolute atomic E-state index is 11.4. The SMILES string of the molecule is N[C@@H](CCNS(=O)(=O)c1ncn[nH]1)C(=O)O. The number of nitrogens with two attached hydrogens (primary N) is 1. The van der Waals surface area contributed by atoms with Gasteiger partial charge in [-0.15, -0.1) is 0 Å². The molecule has 0 fully saturated rings. The fourth-order valence-electron chi connectivity index (χ4n) is 0.864. The van der Waals surface area contributed by atoms with Gasteiger partial charge in [-0.25, -0.2) is 23.2 Å². The van der Waals surface area contributed by atoms with Crippen molar-refractivity contribution in [2.45, 2.75) is 17.6 Å². The van der Waals surface area contributed by atoms with Gasteiger partial charge in [-0.05, 0) is 6.42 Å². The van der Waals surface area contributed by atoms with E-state index in [1.54, 1.807) is 0 Å². The topological polar surface area (TPSA) is 151 Å². The molecule has 0 aliphatic heterocycles. The zero-order chi connectivity index (χ0) is 12.2. The molecule has 0 aliphatic rings. The van der Waals surface area contributed by atoms with Gasteiger partial charge in [0, 0.05) is 6.54 Å². The minimum Gasteiger partial charge on any atom is -0.480 e. The van der Waals surface area contributed by atoms with Crippen LogP contribution in [0.1, 0.15) is 6.42 Å². The highest BCUT2D eigenvalue weighted by Gasteiger charge is 2.18. The molecule has 1 aromatic rings. The molecule has 0 radical (unpaired) electrons. The molecule has 10 heteroatoms. The Kier molecular flexibility index (Phi) is 3.93. The summed E-state index contributed by atoms with van der Waals surface area (Å²) in [6, 6.07) is -1.10. The Labute approximate surface area is 91.1 Å². The van der Waals surface area contributed by atoms with E-state index in [-0.39, 0.29) is 18.1 Å². The molecule has 0 amide bonds. The summed E-state index contributed by atoms with van der Waals surface area (Å²) in [5.41, 5.74) is 5.19. The monoisotopic (exact) mass is 249 g/mol. The molecule has 0 spiro atoms. The summed E-state index contributed by atoms with van der Waals surface area (Å²) >= 11 is 0. The second-order valence-corrected chi connectivity index (χ2v) is 4.60. The summed E-state index contributed by atoms with van der Waals surface area (Å²) in [6.45, 7) is -0.0868. The lowest BCUT2D eigenvalue weighted by Crippen LogP contribution is -2.35. The molecule has 1 atom stereocenters. The van der Waals surface area contributed by atoms with E-state index in [4.69, 9.17) is 10.8 Å². The van der Waals surface area contributed by atoms with E-state index in [1.807, 2.05) is 0 Å². The summed E-state index contributed by atoms with van der Waals surface area (Å²) in [7, 11) is -3.77. The maximum atomic E-state index is 11.4. The predicted molar refractivity (Wildman–Crippen MR) is 51.8 cm³/mol. The first-order chi connectivity index (χ1) is 7.43. The van der Waals surface area contributed by atoms with Gasteiger partial charge < -0.3 is 10.8 Å². The third kappa shape index (κ3) is 3.25. The molecule has 0 aliphatic carbocycles. The van der Waals surface area contributed by atoms with E-state index in [0.29, 0.717) is 0 Å². The van der Waals surface area contributed by atoms with Gasteiger partial charge in [0.2, 0.25) is 0 Å². The smallest absolute Gasteiger partial charge is 0.320 e. The number of nitrogens with zero attached hydrogens (tertiary/aromatic N) is 2. The second-order valence-electron chi connectivity index (χ2n) is 2.92. The molecule has 0 saturated heterocycles. The number of aromatic amines is 1. The van der Waals surface area contributed by atoms with E-state index >= 15 is 0 Å². The van der Waals surface area contributed by atoms with Crippen LogP contribution in [-0.4, -0.2) is 47.3 Å².